The summed E-state index contributed by atoms with van der Waals surface area (Å²) >= 11 is -2.18. The molecule has 84 valence electrons. The monoisotopic (exact) mass is 229 g/mol. The van der Waals surface area contributed by atoms with Gasteiger partial charge in [-0.15, -0.1) is 0 Å². The molecule has 0 amide bonds. The molecule has 0 saturated carbocycles. The molecule has 4 nitrogen and oxygen atoms in total. The highest BCUT2D eigenvalue weighted by Crippen LogP contribution is 1.98. The fourth-order valence-corrected chi connectivity index (χ4v) is 1.54. The van der Waals surface area contributed by atoms with Gasteiger partial charge in [0.05, 0.1) is 6.10 Å². The molecule has 0 spiro atoms. The predicted octanol–water partition coefficient (Wildman–Crippen LogP) is 1.32. The van der Waals surface area contributed by atoms with Crippen LogP contribution in [0.1, 0.15) is 12.5 Å². The lowest BCUT2D eigenvalue weighted by molar-refractivity contribution is 0.218. The molecule has 2 unspecified atom stereocenters. The predicted molar refractivity (Wildman–Crippen MR) is 59.5 cm³/mol. The van der Waals surface area contributed by atoms with E-state index in [0.717, 1.165) is 6.54 Å². The molecule has 0 aromatic heterocycles. The van der Waals surface area contributed by atoms with E-state index in [2.05, 4.69) is 9.50 Å². The number of nitrogens with one attached hydrogen (secondary N) is 1. The number of hydrogen-bond acceptors (Lipinski definition) is 3. The number of rotatable bonds is 6. The van der Waals surface area contributed by atoms with Crippen molar-refractivity contribution in [1.82, 2.24) is 5.32 Å². The molecule has 0 heterocycles. The van der Waals surface area contributed by atoms with Crippen LogP contribution in [0.3, 0.4) is 0 Å². The Balaban J connectivity index is 2.19. The summed E-state index contributed by atoms with van der Waals surface area (Å²) in [5.74, 6) is 0. The van der Waals surface area contributed by atoms with Crippen LogP contribution < -0.4 is 5.32 Å². The minimum Gasteiger partial charge on any atom is -0.310 e. The van der Waals surface area contributed by atoms with Gasteiger partial charge < -0.3 is 5.32 Å². The maximum atomic E-state index is 10.3. The Bertz CT molecular complexity index is 305. The lowest BCUT2D eigenvalue weighted by atomic mass is 10.2. The van der Waals surface area contributed by atoms with Crippen LogP contribution in [0.15, 0.2) is 30.3 Å². The van der Waals surface area contributed by atoms with E-state index < -0.39 is 11.4 Å². The molecule has 1 rings (SSSR count). The second kappa shape index (κ2) is 6.68. The zero-order valence-corrected chi connectivity index (χ0v) is 9.37. The summed E-state index contributed by atoms with van der Waals surface area (Å²) in [5.41, 5.74) is 1.18. The van der Waals surface area contributed by atoms with E-state index >= 15 is 0 Å². The van der Waals surface area contributed by atoms with Gasteiger partial charge >= 0.3 is 11.4 Å². The standard InChI is InChI=1S/C10H15NO3S/c1-9(14-15(12)13)7-11-8-10-5-3-2-4-6-10/h2-6,9,11H,7-8H2,1H3,(H,12,13). The first-order valence-electron chi connectivity index (χ1n) is 4.71. The summed E-state index contributed by atoms with van der Waals surface area (Å²) < 4.78 is 23.4. The van der Waals surface area contributed by atoms with E-state index in [1.54, 1.807) is 6.92 Å². The zero-order valence-electron chi connectivity index (χ0n) is 8.55. The van der Waals surface area contributed by atoms with Crippen molar-refractivity contribution in [2.24, 2.45) is 0 Å². The summed E-state index contributed by atoms with van der Waals surface area (Å²) in [7, 11) is 0. The second-order valence-electron chi connectivity index (χ2n) is 3.24. The van der Waals surface area contributed by atoms with Crippen molar-refractivity contribution in [2.45, 2.75) is 19.6 Å². The van der Waals surface area contributed by atoms with Crippen molar-refractivity contribution in [1.29, 1.82) is 0 Å². The smallest absolute Gasteiger partial charge is 0.302 e. The third-order valence-electron chi connectivity index (χ3n) is 1.85. The SMILES string of the molecule is CC(CNCc1ccccc1)OS(=O)O. The molecule has 0 saturated heterocycles. The summed E-state index contributed by atoms with van der Waals surface area (Å²) in [6, 6.07) is 9.94. The first-order chi connectivity index (χ1) is 7.18. The van der Waals surface area contributed by atoms with E-state index in [4.69, 9.17) is 4.55 Å². The van der Waals surface area contributed by atoms with Gasteiger partial charge in [0, 0.05) is 13.1 Å². The van der Waals surface area contributed by atoms with Crippen molar-refractivity contribution >= 4 is 11.4 Å². The van der Waals surface area contributed by atoms with Crippen molar-refractivity contribution < 1.29 is 12.9 Å². The largest absolute Gasteiger partial charge is 0.310 e. The Morgan fingerprint density at radius 2 is 2.13 bits per heavy atom. The highest BCUT2D eigenvalue weighted by Gasteiger charge is 2.04. The van der Waals surface area contributed by atoms with Crippen molar-refractivity contribution in [3.8, 4) is 0 Å². The molecule has 0 aliphatic rings. The van der Waals surface area contributed by atoms with Crippen molar-refractivity contribution in [2.75, 3.05) is 6.54 Å². The summed E-state index contributed by atoms with van der Waals surface area (Å²) in [4.78, 5) is 0. The van der Waals surface area contributed by atoms with Gasteiger partial charge in [0.15, 0.2) is 0 Å². The minimum atomic E-state index is -2.18. The van der Waals surface area contributed by atoms with Crippen LogP contribution in [0.25, 0.3) is 0 Å². The van der Waals surface area contributed by atoms with Crippen LogP contribution in [0.5, 0.6) is 0 Å². The van der Waals surface area contributed by atoms with Gasteiger partial charge in [-0.25, -0.2) is 0 Å². The van der Waals surface area contributed by atoms with Crippen LogP contribution in [0, 0.1) is 0 Å². The maximum Gasteiger partial charge on any atom is 0.302 e. The van der Waals surface area contributed by atoms with Gasteiger partial charge in [0.25, 0.3) is 0 Å². The van der Waals surface area contributed by atoms with Gasteiger partial charge in [-0.2, -0.15) is 4.21 Å². The first-order valence-corrected chi connectivity index (χ1v) is 5.74. The molecule has 0 aliphatic heterocycles. The van der Waals surface area contributed by atoms with E-state index in [-0.39, 0.29) is 6.10 Å². The molecule has 0 radical (unpaired) electrons. The molecular formula is C10H15NO3S. The average molecular weight is 229 g/mol. The lowest BCUT2D eigenvalue weighted by Gasteiger charge is -2.10. The molecule has 5 heteroatoms. The third kappa shape index (κ3) is 5.64. The van der Waals surface area contributed by atoms with Crippen LogP contribution in [-0.4, -0.2) is 21.4 Å². The topological polar surface area (TPSA) is 58.6 Å². The van der Waals surface area contributed by atoms with Gasteiger partial charge in [0.2, 0.25) is 0 Å². The van der Waals surface area contributed by atoms with E-state index in [9.17, 15) is 4.21 Å². The second-order valence-corrected chi connectivity index (χ2v) is 3.87. The zero-order chi connectivity index (χ0) is 11.1. The fourth-order valence-electron chi connectivity index (χ4n) is 1.19. The van der Waals surface area contributed by atoms with E-state index in [1.165, 1.54) is 5.56 Å². The normalized spacial score (nSPS) is 14.8. The summed E-state index contributed by atoms with van der Waals surface area (Å²) in [6.45, 7) is 3.01. The third-order valence-corrected chi connectivity index (χ3v) is 2.34. The van der Waals surface area contributed by atoms with Crippen molar-refractivity contribution in [3.05, 3.63) is 35.9 Å². The number of benzene rings is 1. The van der Waals surface area contributed by atoms with Crippen LogP contribution in [-0.2, 0) is 22.1 Å². The Hall–Kier alpha value is -0.750. The molecule has 0 fully saturated rings. The van der Waals surface area contributed by atoms with Gasteiger partial charge in [-0.05, 0) is 12.5 Å². The molecule has 2 atom stereocenters. The summed E-state index contributed by atoms with van der Waals surface area (Å²) in [5, 5.41) is 3.14. The van der Waals surface area contributed by atoms with E-state index in [1.807, 2.05) is 30.3 Å². The Morgan fingerprint density at radius 1 is 1.47 bits per heavy atom. The highest BCUT2D eigenvalue weighted by atomic mass is 32.2. The van der Waals surface area contributed by atoms with Crippen LogP contribution in [0.2, 0.25) is 0 Å². The molecule has 0 aliphatic carbocycles. The van der Waals surface area contributed by atoms with Gasteiger partial charge in [0.1, 0.15) is 0 Å². The van der Waals surface area contributed by atoms with Crippen LogP contribution in [0.4, 0.5) is 0 Å². The molecule has 15 heavy (non-hydrogen) atoms. The van der Waals surface area contributed by atoms with Gasteiger partial charge in [-0.1, -0.05) is 30.3 Å². The average Bonchev–Trinajstić information content (AvgIpc) is 2.18. The number of hydrogen-bond donors (Lipinski definition) is 2. The summed E-state index contributed by atoms with van der Waals surface area (Å²) in [6.07, 6.45) is -0.278. The maximum absolute atomic E-state index is 10.3. The highest BCUT2D eigenvalue weighted by molar-refractivity contribution is 7.74. The van der Waals surface area contributed by atoms with Crippen molar-refractivity contribution in [3.63, 3.8) is 0 Å². The fraction of sp³-hybridized carbons (Fsp3) is 0.400. The Labute approximate surface area is 92.1 Å². The first kappa shape index (κ1) is 12.3. The molecule has 0 bridgehead atoms. The molecular weight excluding hydrogens is 214 g/mol. The molecule has 1 aromatic rings. The quantitative estimate of drug-likeness (QED) is 0.722. The van der Waals surface area contributed by atoms with Crippen LogP contribution >= 0.6 is 0 Å². The minimum absolute atomic E-state index is 0.278. The Kier molecular flexibility index (Phi) is 5.49. The Morgan fingerprint density at radius 3 is 2.73 bits per heavy atom. The molecule has 1 aromatic carbocycles. The van der Waals surface area contributed by atoms with E-state index in [0.29, 0.717) is 6.54 Å². The lowest BCUT2D eigenvalue weighted by Crippen LogP contribution is -2.26. The van der Waals surface area contributed by atoms with Gasteiger partial charge in [-0.3, -0.25) is 8.74 Å². The molecule has 2 N–H and O–H groups in total.